The van der Waals surface area contributed by atoms with Crippen LogP contribution in [0, 0.1) is 5.92 Å². The third-order valence-electron chi connectivity index (χ3n) is 10.1. The van der Waals surface area contributed by atoms with Gasteiger partial charge in [0.25, 0.3) is 0 Å². The summed E-state index contributed by atoms with van der Waals surface area (Å²) in [5.74, 6) is -0.493. The van der Waals surface area contributed by atoms with E-state index in [0.717, 1.165) is 19.3 Å². The first-order valence-electron chi connectivity index (χ1n) is 18.4. The maximum atomic E-state index is 12.5. The topological polar surface area (TPSA) is 239 Å². The Bertz CT molecular complexity index is 904. The van der Waals surface area contributed by atoms with Gasteiger partial charge in [0.2, 0.25) is 5.91 Å². The van der Waals surface area contributed by atoms with E-state index in [9.17, 15) is 35.4 Å². The van der Waals surface area contributed by atoms with Crippen LogP contribution >= 0.6 is 0 Å². The lowest BCUT2D eigenvalue weighted by Gasteiger charge is -2.47. The molecule has 0 bridgehead atoms. The first kappa shape index (κ1) is 41.4. The van der Waals surface area contributed by atoms with Gasteiger partial charge in [-0.2, -0.15) is 0 Å². The number of nitrogens with two attached hydrogens (primary N) is 2. The molecule has 11 N–H and O–H groups in total. The average Bonchev–Trinajstić information content (AvgIpc) is 3.33. The molecule has 0 spiro atoms. The number of unbranched alkanes of at least 4 members (excludes halogenated alkanes) is 12. The Balaban J connectivity index is 1.40. The minimum absolute atomic E-state index is 0.0358. The van der Waals surface area contributed by atoms with Crippen molar-refractivity contribution in [3.05, 3.63) is 0 Å². The van der Waals surface area contributed by atoms with Crippen molar-refractivity contribution in [2.75, 3.05) is 13.2 Å². The van der Waals surface area contributed by atoms with Gasteiger partial charge in [-0.3, -0.25) is 4.79 Å². The Labute approximate surface area is 285 Å². The molecule has 0 aromatic heterocycles. The van der Waals surface area contributed by atoms with Crippen molar-refractivity contribution in [3.63, 3.8) is 0 Å². The van der Waals surface area contributed by atoms with Gasteiger partial charge in [-0.1, -0.05) is 90.9 Å². The van der Waals surface area contributed by atoms with E-state index < -0.39 is 86.2 Å². The maximum absolute atomic E-state index is 12.5. The number of rotatable bonds is 21. The number of nitrogens with one attached hydrogen (secondary N) is 1. The fraction of sp³-hybridized carbons (Fsp3) is 0.971. The van der Waals surface area contributed by atoms with E-state index >= 15 is 0 Å². The number of aliphatic hydroxyl groups excluding tert-OH is 6. The van der Waals surface area contributed by atoms with Gasteiger partial charge in [0.1, 0.15) is 48.8 Å². The second-order valence-corrected chi connectivity index (χ2v) is 14.2. The maximum Gasteiger partial charge on any atom is 0.220 e. The molecule has 0 aromatic carbocycles. The molecule has 0 aromatic rings. The highest BCUT2D eigenvalue weighted by atomic mass is 16.7. The van der Waals surface area contributed by atoms with Crippen LogP contribution in [0.25, 0.3) is 0 Å². The number of carbonyl (C=O) groups excluding carboxylic acids is 1. The predicted molar refractivity (Wildman–Crippen MR) is 177 cm³/mol. The molecule has 1 saturated carbocycles. The lowest BCUT2D eigenvalue weighted by atomic mass is 9.80. The molecule has 3 fully saturated rings. The van der Waals surface area contributed by atoms with Gasteiger partial charge in [0.05, 0.1) is 18.8 Å². The summed E-state index contributed by atoms with van der Waals surface area (Å²) in [6.45, 7) is 3.38. The molecule has 3 rings (SSSR count). The third-order valence-corrected chi connectivity index (χ3v) is 10.1. The third kappa shape index (κ3) is 12.1. The molecule has 14 heteroatoms. The first-order valence-corrected chi connectivity index (χ1v) is 18.4. The number of hydrogen-bond donors (Lipinski definition) is 9. The summed E-state index contributed by atoms with van der Waals surface area (Å²) in [5, 5.41) is 65.3. The molecule has 2 saturated heterocycles. The van der Waals surface area contributed by atoms with Crippen LogP contribution in [0.15, 0.2) is 0 Å². The standard InChI is InChI=1S/C34H65N3O11/c1-3-4-5-6-7-8-9-10-11-12-13-14-15-16-24(39)37-18-22-27(41)30(44)34(45-22)48-32-26(40)20(2)17-21(35)31(32)47-33-25(36)29(43)28(42)23(19-38)46-33/h20-23,25-34,38,40-44H,3-19,35-36H2,1-2H3,(H,37,39)/t20-,21?,22-,23?,25?,26?,27+,28-,29-,30?,31-,32-,33-,34+/m1/s1. The number of ether oxygens (including phenoxy) is 4. The average molecular weight is 692 g/mol. The molecule has 5 unspecified atom stereocenters. The lowest BCUT2D eigenvalue weighted by molar-refractivity contribution is -0.312. The Kier molecular flexibility index (Phi) is 18.4. The van der Waals surface area contributed by atoms with Gasteiger partial charge in [-0.15, -0.1) is 0 Å². The van der Waals surface area contributed by atoms with Crippen LogP contribution in [-0.4, -0.2) is 129 Å². The SMILES string of the molecule is CCCCCCCCCCCCCCCC(=O)NC[C@H]1O[C@@H](O[C@@H]2C(O)[C@H](C)CC(N)[C@H]2O[C@H]2OC(CO)[C@@H](O)[C@H](O)C2N)C(O)[C@H]1O. The molecule has 2 aliphatic heterocycles. The second kappa shape index (κ2) is 21.4. The summed E-state index contributed by atoms with van der Waals surface area (Å²) in [6, 6.07) is -1.89. The van der Waals surface area contributed by atoms with E-state index in [2.05, 4.69) is 12.2 Å². The lowest BCUT2D eigenvalue weighted by Crippen LogP contribution is -2.66. The van der Waals surface area contributed by atoms with Gasteiger partial charge in [0.15, 0.2) is 12.6 Å². The van der Waals surface area contributed by atoms with Crippen molar-refractivity contribution in [1.82, 2.24) is 5.32 Å². The minimum Gasteiger partial charge on any atom is -0.394 e. The molecule has 2 heterocycles. The van der Waals surface area contributed by atoms with Crippen molar-refractivity contribution in [2.24, 2.45) is 17.4 Å². The van der Waals surface area contributed by atoms with Crippen molar-refractivity contribution in [3.8, 4) is 0 Å². The highest BCUT2D eigenvalue weighted by Gasteiger charge is 2.52. The van der Waals surface area contributed by atoms with Crippen LogP contribution in [0.5, 0.6) is 0 Å². The van der Waals surface area contributed by atoms with E-state index in [1.165, 1.54) is 64.2 Å². The van der Waals surface area contributed by atoms with Crippen molar-refractivity contribution in [2.45, 2.75) is 190 Å². The van der Waals surface area contributed by atoms with Crippen LogP contribution in [-0.2, 0) is 23.7 Å². The Morgan fingerprint density at radius 1 is 0.708 bits per heavy atom. The van der Waals surface area contributed by atoms with E-state index in [-0.39, 0.29) is 18.4 Å². The van der Waals surface area contributed by atoms with Crippen LogP contribution in [0.3, 0.4) is 0 Å². The van der Waals surface area contributed by atoms with E-state index in [4.69, 9.17) is 30.4 Å². The molecular formula is C34H65N3O11. The summed E-state index contributed by atoms with van der Waals surface area (Å²) in [4.78, 5) is 12.5. The van der Waals surface area contributed by atoms with Crippen LogP contribution in [0.1, 0.15) is 110 Å². The quantitative estimate of drug-likeness (QED) is 0.0737. The van der Waals surface area contributed by atoms with Crippen LogP contribution < -0.4 is 16.8 Å². The summed E-state index contributed by atoms with van der Waals surface area (Å²) < 4.78 is 23.4. The Morgan fingerprint density at radius 3 is 1.81 bits per heavy atom. The monoisotopic (exact) mass is 691 g/mol. The first-order chi connectivity index (χ1) is 23.0. The predicted octanol–water partition coefficient (Wildman–Crippen LogP) is 0.295. The molecule has 1 aliphatic carbocycles. The summed E-state index contributed by atoms with van der Waals surface area (Å²) in [7, 11) is 0. The van der Waals surface area contributed by atoms with Gasteiger partial charge in [-0.05, 0) is 18.8 Å². The second-order valence-electron chi connectivity index (χ2n) is 14.2. The molecule has 1 amide bonds. The molecule has 14 nitrogen and oxygen atoms in total. The normalized spacial score (nSPS) is 38.7. The summed E-state index contributed by atoms with van der Waals surface area (Å²) in [6.07, 6.45) is 2.68. The number of carbonyl (C=O) groups is 1. The fourth-order valence-electron chi connectivity index (χ4n) is 6.94. The molecule has 0 radical (unpaired) electrons. The Hall–Kier alpha value is -1.01. The molecule has 14 atom stereocenters. The largest absolute Gasteiger partial charge is 0.394 e. The Morgan fingerprint density at radius 2 is 1.23 bits per heavy atom. The van der Waals surface area contributed by atoms with Crippen LogP contribution in [0.2, 0.25) is 0 Å². The van der Waals surface area contributed by atoms with Crippen LogP contribution in [0.4, 0.5) is 0 Å². The summed E-state index contributed by atoms with van der Waals surface area (Å²) >= 11 is 0. The number of aliphatic hydroxyl groups is 6. The van der Waals surface area contributed by atoms with Crippen molar-refractivity contribution < 1.29 is 54.4 Å². The molecular weight excluding hydrogens is 626 g/mol. The number of hydrogen-bond acceptors (Lipinski definition) is 13. The van der Waals surface area contributed by atoms with E-state index in [1.54, 1.807) is 6.92 Å². The smallest absolute Gasteiger partial charge is 0.220 e. The highest BCUT2D eigenvalue weighted by molar-refractivity contribution is 5.75. The fourth-order valence-corrected chi connectivity index (χ4v) is 6.94. The zero-order chi connectivity index (χ0) is 35.2. The van der Waals surface area contributed by atoms with E-state index in [0.29, 0.717) is 12.8 Å². The molecule has 282 valence electrons. The molecule has 3 aliphatic rings. The summed E-state index contributed by atoms with van der Waals surface area (Å²) in [5.41, 5.74) is 12.4. The van der Waals surface area contributed by atoms with Gasteiger partial charge in [0, 0.05) is 19.0 Å². The van der Waals surface area contributed by atoms with Crippen molar-refractivity contribution in [1.29, 1.82) is 0 Å². The van der Waals surface area contributed by atoms with Gasteiger partial charge >= 0.3 is 0 Å². The van der Waals surface area contributed by atoms with Crippen molar-refractivity contribution >= 4 is 5.91 Å². The van der Waals surface area contributed by atoms with E-state index in [1.807, 2.05) is 0 Å². The minimum atomic E-state index is -1.49. The van der Waals surface area contributed by atoms with Gasteiger partial charge < -0.3 is 66.4 Å². The zero-order valence-electron chi connectivity index (χ0n) is 29.0. The zero-order valence-corrected chi connectivity index (χ0v) is 29.0. The van der Waals surface area contributed by atoms with Gasteiger partial charge in [-0.25, -0.2) is 0 Å². The molecule has 48 heavy (non-hydrogen) atoms. The number of amides is 1. The highest BCUT2D eigenvalue weighted by Crippen LogP contribution is 2.34.